The average Bonchev–Trinajstić information content (AvgIpc) is 2.52. The van der Waals surface area contributed by atoms with Gasteiger partial charge in [0, 0.05) is 19.1 Å². The van der Waals surface area contributed by atoms with E-state index in [2.05, 4.69) is 18.7 Å². The molecule has 2 nitrogen and oxygen atoms in total. The first-order valence-electron chi connectivity index (χ1n) is 6.02. The summed E-state index contributed by atoms with van der Waals surface area (Å²) in [6.07, 6.45) is 5.72. The second-order valence-corrected chi connectivity index (χ2v) is 5.61. The van der Waals surface area contributed by atoms with Crippen molar-refractivity contribution in [1.82, 2.24) is 4.90 Å². The van der Waals surface area contributed by atoms with Crippen molar-refractivity contribution < 1.29 is 5.11 Å². The Hall–Kier alpha value is -0.0800. The van der Waals surface area contributed by atoms with E-state index >= 15 is 0 Å². The first-order chi connectivity index (χ1) is 6.67. The van der Waals surface area contributed by atoms with Crippen LogP contribution in [0.1, 0.15) is 39.5 Å². The molecule has 14 heavy (non-hydrogen) atoms. The molecule has 2 rings (SSSR count). The van der Waals surface area contributed by atoms with Gasteiger partial charge in [-0.3, -0.25) is 4.90 Å². The maximum Gasteiger partial charge on any atom is 0.0589 e. The third kappa shape index (κ3) is 1.70. The molecule has 1 heterocycles. The summed E-state index contributed by atoms with van der Waals surface area (Å²) in [4.78, 5) is 2.48. The molecule has 0 aromatic heterocycles. The molecule has 0 aromatic carbocycles. The molecule has 1 aliphatic carbocycles. The predicted octanol–water partition coefficient (Wildman–Crippen LogP) is 1.88. The summed E-state index contributed by atoms with van der Waals surface area (Å²) >= 11 is 0. The third-order valence-electron chi connectivity index (χ3n) is 4.17. The van der Waals surface area contributed by atoms with Crippen LogP contribution in [0.2, 0.25) is 0 Å². The van der Waals surface area contributed by atoms with Gasteiger partial charge >= 0.3 is 0 Å². The van der Waals surface area contributed by atoms with Crippen molar-refractivity contribution in [3.63, 3.8) is 0 Å². The van der Waals surface area contributed by atoms with Gasteiger partial charge in [-0.1, -0.05) is 26.7 Å². The second kappa shape index (κ2) is 3.82. The van der Waals surface area contributed by atoms with Crippen LogP contribution < -0.4 is 0 Å². The van der Waals surface area contributed by atoms with Crippen LogP contribution in [0.15, 0.2) is 0 Å². The highest BCUT2D eigenvalue weighted by Gasteiger charge is 2.46. The minimum absolute atomic E-state index is 0.327. The Labute approximate surface area is 87.3 Å². The van der Waals surface area contributed by atoms with Gasteiger partial charge < -0.3 is 5.11 Å². The lowest BCUT2D eigenvalue weighted by Crippen LogP contribution is -2.60. The van der Waals surface area contributed by atoms with Gasteiger partial charge in [0.1, 0.15) is 0 Å². The Morgan fingerprint density at radius 1 is 1.21 bits per heavy atom. The maximum absolute atomic E-state index is 9.32. The summed E-state index contributed by atoms with van der Waals surface area (Å²) in [6, 6.07) is 0.404. The Kier molecular flexibility index (Phi) is 2.85. The zero-order valence-corrected chi connectivity index (χ0v) is 9.50. The standard InChI is InChI=1S/C12H23NO/c1-10(2)11(7-14)13-8-12(9-13)5-3-4-6-12/h10-11,14H,3-9H2,1-2H3. The molecule has 1 N–H and O–H groups in total. The van der Waals surface area contributed by atoms with Gasteiger partial charge in [-0.2, -0.15) is 0 Å². The fraction of sp³-hybridized carbons (Fsp3) is 1.00. The summed E-state index contributed by atoms with van der Waals surface area (Å²) in [5.74, 6) is 0.582. The van der Waals surface area contributed by atoms with E-state index in [9.17, 15) is 5.11 Å². The van der Waals surface area contributed by atoms with Crippen molar-refractivity contribution in [1.29, 1.82) is 0 Å². The van der Waals surface area contributed by atoms with Crippen LogP contribution in [0, 0.1) is 11.3 Å². The molecule has 1 spiro atoms. The van der Waals surface area contributed by atoms with Gasteiger partial charge in [0.05, 0.1) is 6.61 Å². The van der Waals surface area contributed by atoms with Crippen molar-refractivity contribution in [2.75, 3.05) is 19.7 Å². The van der Waals surface area contributed by atoms with E-state index in [1.54, 1.807) is 0 Å². The van der Waals surface area contributed by atoms with Crippen molar-refractivity contribution >= 4 is 0 Å². The van der Waals surface area contributed by atoms with Crippen molar-refractivity contribution in [2.24, 2.45) is 11.3 Å². The van der Waals surface area contributed by atoms with Gasteiger partial charge in [0.25, 0.3) is 0 Å². The Bertz CT molecular complexity index is 188. The first kappa shape index (κ1) is 10.4. The average molecular weight is 197 g/mol. The fourth-order valence-corrected chi connectivity index (χ4v) is 3.24. The number of aliphatic hydroxyl groups is 1. The summed E-state index contributed by atoms with van der Waals surface area (Å²) in [5, 5.41) is 9.32. The maximum atomic E-state index is 9.32. The largest absolute Gasteiger partial charge is 0.395 e. The number of rotatable bonds is 3. The zero-order chi connectivity index (χ0) is 10.2. The highest BCUT2D eigenvalue weighted by molar-refractivity contribution is 5.00. The molecule has 2 heteroatoms. The molecule has 1 unspecified atom stereocenters. The molecule has 82 valence electrons. The van der Waals surface area contributed by atoms with E-state index in [0.717, 1.165) is 0 Å². The monoisotopic (exact) mass is 197 g/mol. The van der Waals surface area contributed by atoms with Gasteiger partial charge in [0.15, 0.2) is 0 Å². The molecule has 2 aliphatic rings. The predicted molar refractivity (Wildman–Crippen MR) is 58.2 cm³/mol. The molecule has 0 amide bonds. The van der Waals surface area contributed by atoms with E-state index in [-0.39, 0.29) is 0 Å². The number of nitrogens with zero attached hydrogens (tertiary/aromatic N) is 1. The van der Waals surface area contributed by atoms with E-state index in [0.29, 0.717) is 24.0 Å². The molecule has 0 aromatic rings. The Morgan fingerprint density at radius 2 is 1.79 bits per heavy atom. The highest BCUT2D eigenvalue weighted by atomic mass is 16.3. The van der Waals surface area contributed by atoms with Crippen LogP contribution >= 0.6 is 0 Å². The van der Waals surface area contributed by atoms with Crippen molar-refractivity contribution in [3.8, 4) is 0 Å². The lowest BCUT2D eigenvalue weighted by atomic mass is 9.76. The first-order valence-corrected chi connectivity index (χ1v) is 6.02. The number of hydrogen-bond acceptors (Lipinski definition) is 2. The smallest absolute Gasteiger partial charge is 0.0589 e. The lowest BCUT2D eigenvalue weighted by Gasteiger charge is -2.52. The van der Waals surface area contributed by atoms with Crippen LogP contribution in [0.3, 0.4) is 0 Å². The van der Waals surface area contributed by atoms with Crippen LogP contribution in [0.4, 0.5) is 0 Å². The highest BCUT2D eigenvalue weighted by Crippen LogP contribution is 2.46. The molecule has 2 fully saturated rings. The quantitative estimate of drug-likeness (QED) is 0.746. The topological polar surface area (TPSA) is 23.5 Å². The van der Waals surface area contributed by atoms with Gasteiger partial charge in [-0.15, -0.1) is 0 Å². The molecule has 1 aliphatic heterocycles. The minimum Gasteiger partial charge on any atom is -0.395 e. The van der Waals surface area contributed by atoms with Gasteiger partial charge in [-0.25, -0.2) is 0 Å². The molecule has 1 atom stereocenters. The fourth-order valence-electron chi connectivity index (χ4n) is 3.24. The molecule has 0 bridgehead atoms. The third-order valence-corrected chi connectivity index (χ3v) is 4.17. The molecule has 0 radical (unpaired) electrons. The number of likely N-dealkylation sites (tertiary alicyclic amines) is 1. The zero-order valence-electron chi connectivity index (χ0n) is 9.50. The summed E-state index contributed by atoms with van der Waals surface area (Å²) in [7, 11) is 0. The van der Waals surface area contributed by atoms with Crippen molar-refractivity contribution in [3.05, 3.63) is 0 Å². The molecular formula is C12H23NO. The van der Waals surface area contributed by atoms with E-state index < -0.39 is 0 Å². The van der Waals surface area contributed by atoms with Gasteiger partial charge in [-0.05, 0) is 24.2 Å². The molecule has 1 saturated heterocycles. The van der Waals surface area contributed by atoms with E-state index in [1.165, 1.54) is 38.8 Å². The Balaban J connectivity index is 1.86. The summed E-state index contributed by atoms with van der Waals surface area (Å²) < 4.78 is 0. The Morgan fingerprint density at radius 3 is 2.21 bits per heavy atom. The summed E-state index contributed by atoms with van der Waals surface area (Å²) in [5.41, 5.74) is 0.669. The van der Waals surface area contributed by atoms with E-state index in [4.69, 9.17) is 0 Å². The number of aliphatic hydroxyl groups excluding tert-OH is 1. The lowest BCUT2D eigenvalue weighted by molar-refractivity contribution is -0.0558. The molecular weight excluding hydrogens is 174 g/mol. The van der Waals surface area contributed by atoms with Gasteiger partial charge in [0.2, 0.25) is 0 Å². The van der Waals surface area contributed by atoms with Crippen LogP contribution in [-0.2, 0) is 0 Å². The second-order valence-electron chi connectivity index (χ2n) is 5.61. The minimum atomic E-state index is 0.327. The van der Waals surface area contributed by atoms with E-state index in [1.807, 2.05) is 0 Å². The normalized spacial score (nSPS) is 28.3. The molecule has 1 saturated carbocycles. The summed E-state index contributed by atoms with van der Waals surface area (Å²) in [6.45, 7) is 7.24. The van der Waals surface area contributed by atoms with Crippen molar-refractivity contribution in [2.45, 2.75) is 45.6 Å². The van der Waals surface area contributed by atoms with Crippen LogP contribution in [0.5, 0.6) is 0 Å². The van der Waals surface area contributed by atoms with Crippen LogP contribution in [-0.4, -0.2) is 35.7 Å². The van der Waals surface area contributed by atoms with Crippen LogP contribution in [0.25, 0.3) is 0 Å². The SMILES string of the molecule is CC(C)C(CO)N1CC2(CCCC2)C1. The number of hydrogen-bond donors (Lipinski definition) is 1.